The van der Waals surface area contributed by atoms with Crippen LogP contribution in [0.3, 0.4) is 0 Å². The van der Waals surface area contributed by atoms with Crippen LogP contribution in [0.1, 0.15) is 17.5 Å². The van der Waals surface area contributed by atoms with Crippen LogP contribution in [0.4, 0.5) is 0 Å². The van der Waals surface area contributed by atoms with Gasteiger partial charge in [0, 0.05) is 30.6 Å². The zero-order chi connectivity index (χ0) is 13.3. The van der Waals surface area contributed by atoms with Crippen LogP contribution in [-0.2, 0) is 6.61 Å². The molecule has 0 unspecified atom stereocenters. The van der Waals surface area contributed by atoms with Crippen molar-refractivity contribution in [2.24, 2.45) is 0 Å². The van der Waals surface area contributed by atoms with Crippen molar-refractivity contribution in [1.82, 2.24) is 9.97 Å². The SMILES string of the molecule is OCCC#Cc1cncc(OCc2ccncc2)c1. The van der Waals surface area contributed by atoms with E-state index in [2.05, 4.69) is 21.8 Å². The number of aromatic nitrogens is 2. The van der Waals surface area contributed by atoms with Gasteiger partial charge in [-0.2, -0.15) is 0 Å². The first-order valence-electron chi connectivity index (χ1n) is 5.95. The molecule has 0 spiro atoms. The second kappa shape index (κ2) is 7.14. The fourth-order valence-electron chi connectivity index (χ4n) is 1.43. The van der Waals surface area contributed by atoms with Crippen molar-refractivity contribution in [3.8, 4) is 17.6 Å². The third kappa shape index (κ3) is 4.41. The molecule has 96 valence electrons. The van der Waals surface area contributed by atoms with Gasteiger partial charge in [-0.15, -0.1) is 0 Å². The van der Waals surface area contributed by atoms with Gasteiger partial charge < -0.3 is 9.84 Å². The van der Waals surface area contributed by atoms with E-state index < -0.39 is 0 Å². The maximum absolute atomic E-state index is 8.66. The van der Waals surface area contributed by atoms with E-state index >= 15 is 0 Å². The predicted molar refractivity (Wildman–Crippen MR) is 71.4 cm³/mol. The molecule has 1 N–H and O–H groups in total. The third-order valence-electron chi connectivity index (χ3n) is 2.34. The van der Waals surface area contributed by atoms with Gasteiger partial charge in [0.05, 0.1) is 12.8 Å². The minimum atomic E-state index is 0.0681. The number of hydrogen-bond acceptors (Lipinski definition) is 4. The molecule has 4 nitrogen and oxygen atoms in total. The van der Waals surface area contributed by atoms with E-state index in [0.29, 0.717) is 18.8 Å². The average Bonchev–Trinajstić information content (AvgIpc) is 2.47. The summed E-state index contributed by atoms with van der Waals surface area (Å²) in [6, 6.07) is 5.63. The minimum Gasteiger partial charge on any atom is -0.487 e. The standard InChI is InChI=1S/C15H14N2O2/c18-8-2-1-3-14-9-15(11-17-10-14)19-12-13-4-6-16-7-5-13/h4-7,9-11,18H,2,8,12H2. The van der Waals surface area contributed by atoms with Gasteiger partial charge in [-0.1, -0.05) is 11.8 Å². The number of pyridine rings is 2. The summed E-state index contributed by atoms with van der Waals surface area (Å²) in [5.74, 6) is 6.44. The monoisotopic (exact) mass is 254 g/mol. The molecule has 19 heavy (non-hydrogen) atoms. The second-order valence-electron chi connectivity index (χ2n) is 3.83. The first-order valence-corrected chi connectivity index (χ1v) is 5.95. The summed E-state index contributed by atoms with van der Waals surface area (Å²) in [5.41, 5.74) is 1.83. The maximum Gasteiger partial charge on any atom is 0.139 e. The quantitative estimate of drug-likeness (QED) is 0.845. The van der Waals surface area contributed by atoms with Gasteiger partial charge in [-0.25, -0.2) is 0 Å². The predicted octanol–water partition coefficient (Wildman–Crippen LogP) is 1.79. The summed E-state index contributed by atoms with van der Waals surface area (Å²) < 4.78 is 5.63. The molecular weight excluding hydrogens is 240 g/mol. The van der Waals surface area contributed by atoms with Gasteiger partial charge in [0.15, 0.2) is 0 Å². The number of hydrogen-bond donors (Lipinski definition) is 1. The van der Waals surface area contributed by atoms with E-state index in [-0.39, 0.29) is 6.61 Å². The Balaban J connectivity index is 1.98. The lowest BCUT2D eigenvalue weighted by Crippen LogP contribution is -1.96. The van der Waals surface area contributed by atoms with Crippen LogP contribution in [0.2, 0.25) is 0 Å². The van der Waals surface area contributed by atoms with Crippen LogP contribution >= 0.6 is 0 Å². The Morgan fingerprint density at radius 2 is 2.00 bits per heavy atom. The summed E-state index contributed by atoms with van der Waals surface area (Å²) in [6.07, 6.45) is 7.24. The Labute approximate surface area is 112 Å². The van der Waals surface area contributed by atoms with E-state index in [0.717, 1.165) is 11.1 Å². The van der Waals surface area contributed by atoms with E-state index in [1.165, 1.54) is 0 Å². The Bertz CT molecular complexity index is 573. The van der Waals surface area contributed by atoms with Crippen LogP contribution in [0, 0.1) is 11.8 Å². The number of nitrogens with zero attached hydrogens (tertiary/aromatic N) is 2. The Morgan fingerprint density at radius 3 is 2.79 bits per heavy atom. The van der Waals surface area contributed by atoms with Gasteiger partial charge in [-0.3, -0.25) is 9.97 Å². The Morgan fingerprint density at radius 1 is 1.16 bits per heavy atom. The van der Waals surface area contributed by atoms with Gasteiger partial charge in [-0.05, 0) is 23.8 Å². The normalized spacial score (nSPS) is 9.53. The smallest absolute Gasteiger partial charge is 0.139 e. The molecule has 0 aliphatic heterocycles. The highest BCUT2D eigenvalue weighted by molar-refractivity contribution is 5.36. The van der Waals surface area contributed by atoms with Crippen LogP contribution in [0.15, 0.2) is 43.0 Å². The zero-order valence-electron chi connectivity index (χ0n) is 10.4. The lowest BCUT2D eigenvalue weighted by Gasteiger charge is -2.05. The zero-order valence-corrected chi connectivity index (χ0v) is 10.4. The van der Waals surface area contributed by atoms with Crippen molar-refractivity contribution in [3.05, 3.63) is 54.1 Å². The molecule has 2 aromatic heterocycles. The van der Waals surface area contributed by atoms with Crippen molar-refractivity contribution < 1.29 is 9.84 Å². The molecular formula is C15H14N2O2. The molecule has 0 aliphatic carbocycles. The van der Waals surface area contributed by atoms with Gasteiger partial charge in [0.1, 0.15) is 12.4 Å². The van der Waals surface area contributed by atoms with Gasteiger partial charge in [0.25, 0.3) is 0 Å². The van der Waals surface area contributed by atoms with Crippen molar-refractivity contribution in [3.63, 3.8) is 0 Å². The van der Waals surface area contributed by atoms with Crippen molar-refractivity contribution in [2.75, 3.05) is 6.61 Å². The molecule has 0 saturated heterocycles. The number of aliphatic hydroxyl groups excluding tert-OH is 1. The first kappa shape index (κ1) is 13.1. The molecule has 0 amide bonds. The molecule has 4 heteroatoms. The van der Waals surface area contributed by atoms with Crippen molar-refractivity contribution in [1.29, 1.82) is 0 Å². The molecule has 0 radical (unpaired) electrons. The number of rotatable bonds is 4. The highest BCUT2D eigenvalue weighted by Gasteiger charge is 1.97. The molecule has 2 aromatic rings. The maximum atomic E-state index is 8.66. The molecule has 2 rings (SSSR count). The second-order valence-corrected chi connectivity index (χ2v) is 3.83. The van der Waals surface area contributed by atoms with Gasteiger partial charge >= 0.3 is 0 Å². The fraction of sp³-hybridized carbons (Fsp3) is 0.200. The topological polar surface area (TPSA) is 55.2 Å². The Hall–Kier alpha value is -2.38. The molecule has 0 atom stereocenters. The van der Waals surface area contributed by atoms with E-state index in [9.17, 15) is 0 Å². The third-order valence-corrected chi connectivity index (χ3v) is 2.34. The summed E-state index contributed by atoms with van der Waals surface area (Å²) in [5, 5.41) is 8.66. The number of aliphatic hydroxyl groups is 1. The number of ether oxygens (including phenoxy) is 1. The molecule has 0 saturated carbocycles. The largest absolute Gasteiger partial charge is 0.487 e. The first-order chi connectivity index (χ1) is 9.38. The summed E-state index contributed by atoms with van der Waals surface area (Å²) >= 11 is 0. The average molecular weight is 254 g/mol. The van der Waals surface area contributed by atoms with Crippen LogP contribution in [-0.4, -0.2) is 21.7 Å². The highest BCUT2D eigenvalue weighted by Crippen LogP contribution is 2.12. The van der Waals surface area contributed by atoms with Crippen molar-refractivity contribution >= 4 is 0 Å². The highest BCUT2D eigenvalue weighted by atomic mass is 16.5. The molecule has 0 fully saturated rings. The van der Waals surface area contributed by atoms with Crippen LogP contribution < -0.4 is 4.74 Å². The van der Waals surface area contributed by atoms with Gasteiger partial charge in [0.2, 0.25) is 0 Å². The fourth-order valence-corrected chi connectivity index (χ4v) is 1.43. The van der Waals surface area contributed by atoms with E-state index in [4.69, 9.17) is 9.84 Å². The van der Waals surface area contributed by atoms with Crippen LogP contribution in [0.5, 0.6) is 5.75 Å². The van der Waals surface area contributed by atoms with E-state index in [1.54, 1.807) is 24.8 Å². The summed E-state index contributed by atoms with van der Waals surface area (Å²) in [4.78, 5) is 8.02. The molecule has 0 bridgehead atoms. The summed E-state index contributed by atoms with van der Waals surface area (Å²) in [7, 11) is 0. The van der Waals surface area contributed by atoms with E-state index in [1.807, 2.05) is 18.2 Å². The molecule has 0 aromatic carbocycles. The molecule has 0 aliphatic rings. The Kier molecular flexibility index (Phi) is 4.91. The lowest BCUT2D eigenvalue weighted by molar-refractivity contribution is 0.304. The van der Waals surface area contributed by atoms with Crippen molar-refractivity contribution in [2.45, 2.75) is 13.0 Å². The summed E-state index contributed by atoms with van der Waals surface area (Å²) in [6.45, 7) is 0.538. The molecule has 2 heterocycles. The van der Waals surface area contributed by atoms with Crippen LogP contribution in [0.25, 0.3) is 0 Å². The minimum absolute atomic E-state index is 0.0681. The lowest BCUT2D eigenvalue weighted by atomic mass is 10.2.